The van der Waals surface area contributed by atoms with Crippen molar-refractivity contribution in [1.29, 1.82) is 0 Å². The Kier molecular flexibility index (Phi) is 4.64. The van der Waals surface area contributed by atoms with E-state index in [1.54, 1.807) is 11.8 Å². The molecule has 1 aliphatic rings. The SMILES string of the molecule is CCCC(=O)[C@@]1(CC)SCCC[S@]1=O. The molecule has 1 aliphatic heterocycles. The maximum atomic E-state index is 11.9. The fourth-order valence-electron chi connectivity index (χ4n) is 1.74. The number of hydrogen-bond acceptors (Lipinski definition) is 3. The number of thioether (sulfide) groups is 1. The molecule has 0 saturated carbocycles. The number of ketones is 1. The normalized spacial score (nSPS) is 32.9. The van der Waals surface area contributed by atoms with E-state index >= 15 is 0 Å². The molecule has 0 aromatic carbocycles. The maximum absolute atomic E-state index is 11.9. The smallest absolute Gasteiger partial charge is 0.161 e. The molecule has 1 saturated heterocycles. The van der Waals surface area contributed by atoms with Crippen molar-refractivity contribution in [3.8, 4) is 0 Å². The van der Waals surface area contributed by atoms with Crippen molar-refractivity contribution in [2.75, 3.05) is 11.5 Å². The van der Waals surface area contributed by atoms with E-state index in [-0.39, 0.29) is 5.78 Å². The summed E-state index contributed by atoms with van der Waals surface area (Å²) in [5, 5.41) is 0. The first-order chi connectivity index (χ1) is 6.67. The Labute approximate surface area is 92.7 Å². The van der Waals surface area contributed by atoms with E-state index in [9.17, 15) is 9.00 Å². The third-order valence-electron chi connectivity index (χ3n) is 2.54. The standard InChI is InChI=1S/C10H18O2S2/c1-3-6-9(11)10(4-2)13-7-5-8-14(10)12/h3-8H2,1-2H3/t10-,14+/m0/s1. The van der Waals surface area contributed by atoms with Gasteiger partial charge in [0.05, 0.1) is 0 Å². The van der Waals surface area contributed by atoms with Crippen molar-refractivity contribution < 1.29 is 9.00 Å². The van der Waals surface area contributed by atoms with Gasteiger partial charge in [0.2, 0.25) is 0 Å². The molecule has 1 rings (SSSR count). The van der Waals surface area contributed by atoms with Gasteiger partial charge in [0.25, 0.3) is 0 Å². The molecule has 82 valence electrons. The van der Waals surface area contributed by atoms with E-state index in [0.29, 0.717) is 18.6 Å². The van der Waals surface area contributed by atoms with E-state index < -0.39 is 14.9 Å². The van der Waals surface area contributed by atoms with Crippen LogP contribution in [-0.4, -0.2) is 25.6 Å². The van der Waals surface area contributed by atoms with Crippen LogP contribution in [0.4, 0.5) is 0 Å². The molecule has 0 aromatic heterocycles. The summed E-state index contributed by atoms with van der Waals surface area (Å²) in [6.45, 7) is 3.97. The van der Waals surface area contributed by atoms with Crippen LogP contribution in [0.3, 0.4) is 0 Å². The largest absolute Gasteiger partial charge is 0.297 e. The average Bonchev–Trinajstić information content (AvgIpc) is 2.19. The number of rotatable bonds is 4. The molecule has 0 aliphatic carbocycles. The van der Waals surface area contributed by atoms with Gasteiger partial charge in [-0.3, -0.25) is 9.00 Å². The van der Waals surface area contributed by atoms with E-state index in [1.165, 1.54) is 0 Å². The second-order valence-corrected chi connectivity index (χ2v) is 6.98. The van der Waals surface area contributed by atoms with Crippen LogP contribution in [0.2, 0.25) is 0 Å². The van der Waals surface area contributed by atoms with E-state index in [2.05, 4.69) is 0 Å². The van der Waals surface area contributed by atoms with E-state index in [0.717, 1.165) is 18.6 Å². The predicted octanol–water partition coefficient (Wildman–Crippen LogP) is 2.35. The van der Waals surface area contributed by atoms with Gasteiger partial charge in [0.1, 0.15) is 4.08 Å². The summed E-state index contributed by atoms with van der Waals surface area (Å²) >= 11 is 1.62. The van der Waals surface area contributed by atoms with Crippen molar-refractivity contribution in [3.05, 3.63) is 0 Å². The van der Waals surface area contributed by atoms with Gasteiger partial charge in [-0.25, -0.2) is 0 Å². The van der Waals surface area contributed by atoms with Gasteiger partial charge in [-0.1, -0.05) is 13.8 Å². The Bertz CT molecular complexity index is 240. The first-order valence-corrected chi connectivity index (χ1v) is 7.53. The Balaban J connectivity index is 2.82. The Morgan fingerprint density at radius 3 is 2.71 bits per heavy atom. The van der Waals surface area contributed by atoms with Crippen molar-refractivity contribution in [1.82, 2.24) is 0 Å². The fraction of sp³-hybridized carbons (Fsp3) is 0.900. The Morgan fingerprint density at radius 2 is 2.21 bits per heavy atom. The van der Waals surface area contributed by atoms with Gasteiger partial charge in [-0.2, -0.15) is 0 Å². The quantitative estimate of drug-likeness (QED) is 0.749. The first-order valence-electron chi connectivity index (χ1n) is 5.23. The monoisotopic (exact) mass is 234 g/mol. The zero-order valence-corrected chi connectivity index (χ0v) is 10.5. The lowest BCUT2D eigenvalue weighted by atomic mass is 10.1. The van der Waals surface area contributed by atoms with Gasteiger partial charge in [0.15, 0.2) is 5.78 Å². The van der Waals surface area contributed by atoms with Crippen LogP contribution in [0.25, 0.3) is 0 Å². The molecule has 0 aromatic rings. The van der Waals surface area contributed by atoms with Crippen LogP contribution in [0.1, 0.15) is 39.5 Å². The third kappa shape index (κ3) is 2.22. The lowest BCUT2D eigenvalue weighted by molar-refractivity contribution is -0.119. The summed E-state index contributed by atoms with van der Waals surface area (Å²) in [5.74, 6) is 1.89. The molecule has 1 fully saturated rings. The predicted molar refractivity (Wildman–Crippen MR) is 63.0 cm³/mol. The summed E-state index contributed by atoms with van der Waals surface area (Å²) in [7, 11) is -0.955. The van der Waals surface area contributed by atoms with Gasteiger partial charge in [-0.05, 0) is 25.0 Å². The molecular weight excluding hydrogens is 216 g/mol. The number of carbonyl (C=O) groups is 1. The molecule has 14 heavy (non-hydrogen) atoms. The van der Waals surface area contributed by atoms with Crippen molar-refractivity contribution in [2.24, 2.45) is 0 Å². The maximum Gasteiger partial charge on any atom is 0.161 e. The molecule has 4 heteroatoms. The molecule has 0 bridgehead atoms. The van der Waals surface area contributed by atoms with Crippen molar-refractivity contribution >= 4 is 28.3 Å². The topological polar surface area (TPSA) is 34.1 Å². The van der Waals surface area contributed by atoms with Crippen LogP contribution in [-0.2, 0) is 15.6 Å². The molecule has 0 unspecified atom stereocenters. The lowest BCUT2D eigenvalue weighted by Gasteiger charge is -2.33. The molecule has 0 amide bonds. The van der Waals surface area contributed by atoms with Crippen LogP contribution < -0.4 is 0 Å². The third-order valence-corrected chi connectivity index (χ3v) is 6.84. The summed E-state index contributed by atoms with van der Waals surface area (Å²) in [5.41, 5.74) is 0. The number of hydrogen-bond donors (Lipinski definition) is 0. The molecule has 2 atom stereocenters. The second-order valence-electron chi connectivity index (χ2n) is 3.53. The zero-order chi connectivity index (χ0) is 10.6. The molecule has 1 heterocycles. The minimum absolute atomic E-state index is 0.200. The van der Waals surface area contributed by atoms with Crippen LogP contribution in [0.15, 0.2) is 0 Å². The summed E-state index contributed by atoms with van der Waals surface area (Å²) in [4.78, 5) is 11.9. The Morgan fingerprint density at radius 1 is 1.50 bits per heavy atom. The van der Waals surface area contributed by atoms with Crippen LogP contribution in [0, 0.1) is 0 Å². The van der Waals surface area contributed by atoms with E-state index in [4.69, 9.17) is 0 Å². The van der Waals surface area contributed by atoms with Crippen molar-refractivity contribution in [3.63, 3.8) is 0 Å². The van der Waals surface area contributed by atoms with Crippen molar-refractivity contribution in [2.45, 2.75) is 43.6 Å². The molecular formula is C10H18O2S2. The zero-order valence-electron chi connectivity index (χ0n) is 8.88. The highest BCUT2D eigenvalue weighted by Gasteiger charge is 2.43. The summed E-state index contributed by atoms with van der Waals surface area (Å²) < 4.78 is 11.4. The highest BCUT2D eigenvalue weighted by atomic mass is 32.2. The average molecular weight is 234 g/mol. The van der Waals surface area contributed by atoms with Crippen LogP contribution in [0.5, 0.6) is 0 Å². The highest BCUT2D eigenvalue weighted by molar-refractivity contribution is 8.14. The fourth-order valence-corrected chi connectivity index (χ4v) is 5.45. The van der Waals surface area contributed by atoms with E-state index in [1.807, 2.05) is 13.8 Å². The minimum Gasteiger partial charge on any atom is -0.297 e. The summed E-state index contributed by atoms with van der Waals surface area (Å²) in [6, 6.07) is 0. The van der Waals surface area contributed by atoms with Crippen LogP contribution >= 0.6 is 11.8 Å². The van der Waals surface area contributed by atoms with Gasteiger partial charge in [0, 0.05) is 23.0 Å². The van der Waals surface area contributed by atoms with Gasteiger partial charge >= 0.3 is 0 Å². The number of Topliss-reactive ketones (excluding diaryl/α,β-unsaturated/α-hetero) is 1. The first kappa shape index (κ1) is 12.2. The lowest BCUT2D eigenvalue weighted by Crippen LogP contribution is -2.43. The molecule has 0 radical (unpaired) electrons. The summed E-state index contributed by atoms with van der Waals surface area (Å²) in [6.07, 6.45) is 3.13. The Hall–Kier alpha value is 0.170. The molecule has 2 nitrogen and oxygen atoms in total. The second kappa shape index (κ2) is 5.31. The minimum atomic E-state index is -0.955. The number of carbonyl (C=O) groups excluding carboxylic acids is 1. The van der Waals surface area contributed by atoms with Gasteiger partial charge in [-0.15, -0.1) is 11.8 Å². The highest BCUT2D eigenvalue weighted by Crippen LogP contribution is 2.39. The van der Waals surface area contributed by atoms with Gasteiger partial charge < -0.3 is 0 Å². The molecule has 0 N–H and O–H groups in total. The molecule has 0 spiro atoms.